The first-order valence-electron chi connectivity index (χ1n) is 9.56. The summed E-state index contributed by atoms with van der Waals surface area (Å²) in [5, 5.41) is 0. The molecule has 0 aliphatic carbocycles. The minimum atomic E-state index is -1.30. The van der Waals surface area contributed by atoms with Crippen LogP contribution >= 0.6 is 8.60 Å². The van der Waals surface area contributed by atoms with E-state index in [1.54, 1.807) is 0 Å². The van der Waals surface area contributed by atoms with Crippen LogP contribution in [0.25, 0.3) is 0 Å². The summed E-state index contributed by atoms with van der Waals surface area (Å²) in [4.78, 5) is 0. The van der Waals surface area contributed by atoms with Gasteiger partial charge >= 0.3 is 8.60 Å². The molecule has 1 aromatic rings. The van der Waals surface area contributed by atoms with Crippen LogP contribution in [0.1, 0.15) is 77.0 Å². The average Bonchev–Trinajstić information content (AvgIpc) is 2.56. The zero-order valence-electron chi connectivity index (χ0n) is 17.1. The highest BCUT2D eigenvalue weighted by molar-refractivity contribution is 7.42. The van der Waals surface area contributed by atoms with Crippen LogP contribution in [0.2, 0.25) is 0 Å². The van der Waals surface area contributed by atoms with Gasteiger partial charge in [-0.2, -0.15) is 0 Å². The van der Waals surface area contributed by atoms with Crippen LogP contribution < -0.4 is 4.52 Å². The lowest BCUT2D eigenvalue weighted by Gasteiger charge is -2.38. The molecule has 0 N–H and O–H groups in total. The molecule has 1 saturated heterocycles. The first kappa shape index (κ1) is 20.7. The summed E-state index contributed by atoms with van der Waals surface area (Å²) in [6.45, 7) is 16.9. The van der Waals surface area contributed by atoms with E-state index in [2.05, 4.69) is 60.6 Å². The Morgan fingerprint density at radius 2 is 1.64 bits per heavy atom. The molecule has 0 bridgehead atoms. The van der Waals surface area contributed by atoms with Crippen LogP contribution in [0.15, 0.2) is 12.1 Å². The Morgan fingerprint density at radius 1 is 1.08 bits per heavy atom. The summed E-state index contributed by atoms with van der Waals surface area (Å²) in [6, 6.07) is 4.44. The zero-order chi connectivity index (χ0) is 18.7. The Kier molecular flexibility index (Phi) is 6.93. The van der Waals surface area contributed by atoms with Gasteiger partial charge in [-0.25, -0.2) is 0 Å². The Morgan fingerprint density at radius 3 is 2.08 bits per heavy atom. The highest BCUT2D eigenvalue weighted by atomic mass is 31.2. The molecule has 0 amide bonds. The van der Waals surface area contributed by atoms with Gasteiger partial charge in [0.15, 0.2) is 0 Å². The fourth-order valence-corrected chi connectivity index (χ4v) is 4.57. The minimum Gasteiger partial charge on any atom is -0.426 e. The van der Waals surface area contributed by atoms with Crippen molar-refractivity contribution in [3.05, 3.63) is 28.8 Å². The van der Waals surface area contributed by atoms with E-state index in [-0.39, 0.29) is 10.8 Å². The van der Waals surface area contributed by atoms with Crippen molar-refractivity contribution in [2.24, 2.45) is 5.41 Å². The maximum atomic E-state index is 6.15. The Labute approximate surface area is 155 Å². The molecule has 0 saturated carbocycles. The molecule has 1 heterocycles. The molecule has 2 rings (SSSR count). The van der Waals surface area contributed by atoms with Gasteiger partial charge in [0.25, 0.3) is 0 Å². The molecule has 3 nitrogen and oxygen atoms in total. The van der Waals surface area contributed by atoms with Gasteiger partial charge in [0.1, 0.15) is 5.75 Å². The quantitative estimate of drug-likeness (QED) is 0.516. The van der Waals surface area contributed by atoms with Gasteiger partial charge in [0.05, 0.1) is 13.2 Å². The van der Waals surface area contributed by atoms with E-state index in [1.165, 1.54) is 24.8 Å². The van der Waals surface area contributed by atoms with E-state index in [9.17, 15) is 0 Å². The van der Waals surface area contributed by atoms with Gasteiger partial charge in [-0.15, -0.1) is 0 Å². The summed E-state index contributed by atoms with van der Waals surface area (Å²) < 4.78 is 18.2. The molecular formula is C21H35O3P. The van der Waals surface area contributed by atoms with E-state index in [1.807, 2.05) is 0 Å². The highest BCUT2D eigenvalue weighted by Gasteiger charge is 2.37. The number of aryl methyl sites for hydroxylation is 2. The molecule has 4 heteroatoms. The van der Waals surface area contributed by atoms with Crippen LogP contribution in [-0.2, 0) is 14.5 Å². The van der Waals surface area contributed by atoms with Crippen molar-refractivity contribution in [2.75, 3.05) is 13.2 Å². The topological polar surface area (TPSA) is 27.7 Å². The average molecular weight is 366 g/mol. The third-order valence-electron chi connectivity index (χ3n) is 5.26. The van der Waals surface area contributed by atoms with Gasteiger partial charge in [0, 0.05) is 5.41 Å². The van der Waals surface area contributed by atoms with Gasteiger partial charge < -0.3 is 13.6 Å². The van der Waals surface area contributed by atoms with Crippen molar-refractivity contribution in [1.82, 2.24) is 0 Å². The molecule has 0 spiro atoms. The van der Waals surface area contributed by atoms with Crippen molar-refractivity contribution >= 4 is 8.60 Å². The molecule has 0 radical (unpaired) electrons. The summed E-state index contributed by atoms with van der Waals surface area (Å²) in [7, 11) is -1.30. The van der Waals surface area contributed by atoms with Crippen molar-refractivity contribution < 1.29 is 13.6 Å². The smallest absolute Gasteiger partial charge is 0.397 e. The van der Waals surface area contributed by atoms with Gasteiger partial charge in [-0.1, -0.05) is 59.6 Å². The monoisotopic (exact) mass is 366 g/mol. The van der Waals surface area contributed by atoms with E-state index in [4.69, 9.17) is 13.6 Å². The predicted molar refractivity (Wildman–Crippen MR) is 106 cm³/mol. The molecule has 0 atom stereocenters. The number of hydrogen-bond donors (Lipinski definition) is 0. The van der Waals surface area contributed by atoms with Gasteiger partial charge in [-0.3, -0.25) is 0 Å². The van der Waals surface area contributed by atoms with E-state index < -0.39 is 8.60 Å². The lowest BCUT2D eigenvalue weighted by atomic mass is 9.82. The molecule has 1 aliphatic heterocycles. The zero-order valence-corrected chi connectivity index (χ0v) is 18.0. The van der Waals surface area contributed by atoms with E-state index in [0.29, 0.717) is 0 Å². The van der Waals surface area contributed by atoms with Crippen LogP contribution in [0.5, 0.6) is 5.75 Å². The number of rotatable bonds is 6. The lowest BCUT2D eigenvalue weighted by molar-refractivity contribution is 0.00798. The summed E-state index contributed by atoms with van der Waals surface area (Å²) in [6.07, 6.45) is 4.70. The Hall–Kier alpha value is -0.630. The summed E-state index contributed by atoms with van der Waals surface area (Å²) in [5.74, 6) is 0.914. The van der Waals surface area contributed by atoms with Crippen molar-refractivity contribution in [3.63, 3.8) is 0 Å². The lowest BCUT2D eigenvalue weighted by Crippen LogP contribution is -2.34. The van der Waals surface area contributed by atoms with Gasteiger partial charge in [-0.05, 0) is 48.8 Å². The molecule has 1 aromatic carbocycles. The highest BCUT2D eigenvalue weighted by Crippen LogP contribution is 2.50. The molecule has 1 fully saturated rings. The summed E-state index contributed by atoms with van der Waals surface area (Å²) >= 11 is 0. The molecular weight excluding hydrogens is 331 g/mol. The van der Waals surface area contributed by atoms with Crippen molar-refractivity contribution in [3.8, 4) is 5.75 Å². The molecule has 1 aliphatic rings. The third-order valence-corrected chi connectivity index (χ3v) is 6.27. The molecule has 25 heavy (non-hydrogen) atoms. The fourth-order valence-electron chi connectivity index (χ4n) is 3.19. The van der Waals surface area contributed by atoms with E-state index >= 15 is 0 Å². The number of unbranched alkanes of at least 4 members (excludes halogenated alkanes) is 1. The SMILES string of the molecule is CCCCC1(CC)COP(Oc2c(C)cc(C(C)(C)C)cc2C)OC1. The maximum absolute atomic E-state index is 6.15. The van der Waals surface area contributed by atoms with Crippen LogP contribution in [-0.4, -0.2) is 13.2 Å². The second-order valence-electron chi connectivity index (χ2n) is 8.51. The van der Waals surface area contributed by atoms with E-state index in [0.717, 1.165) is 36.5 Å². The number of hydrogen-bond acceptors (Lipinski definition) is 3. The molecule has 0 aromatic heterocycles. The Bertz CT molecular complexity index is 546. The van der Waals surface area contributed by atoms with Crippen LogP contribution in [0.3, 0.4) is 0 Å². The fraction of sp³-hybridized carbons (Fsp3) is 0.714. The van der Waals surface area contributed by atoms with Crippen molar-refractivity contribution in [1.29, 1.82) is 0 Å². The number of benzene rings is 1. The standard InChI is InChI=1S/C21H35O3P/c1-8-10-11-21(9-2)14-22-25(23-15-21)24-19-16(3)12-18(13-17(19)4)20(5,6)7/h12-13H,8-11,14-15H2,1-7H3. The third kappa shape index (κ3) is 5.18. The second kappa shape index (κ2) is 8.37. The van der Waals surface area contributed by atoms with Crippen LogP contribution in [0, 0.1) is 19.3 Å². The molecule has 142 valence electrons. The summed E-state index contributed by atoms with van der Waals surface area (Å²) in [5.41, 5.74) is 3.93. The maximum Gasteiger partial charge on any atom is 0.397 e. The normalized spacial score (nSPS) is 24.4. The van der Waals surface area contributed by atoms with Gasteiger partial charge in [0.2, 0.25) is 0 Å². The first-order valence-corrected chi connectivity index (χ1v) is 10.7. The predicted octanol–water partition coefficient (Wildman–Crippen LogP) is 6.84. The van der Waals surface area contributed by atoms with Crippen LogP contribution in [0.4, 0.5) is 0 Å². The molecule has 0 unspecified atom stereocenters. The minimum absolute atomic E-state index is 0.136. The Balaban J connectivity index is 2.05. The largest absolute Gasteiger partial charge is 0.426 e. The second-order valence-corrected chi connectivity index (χ2v) is 9.65. The first-order chi connectivity index (χ1) is 11.7. The van der Waals surface area contributed by atoms with Crippen molar-refractivity contribution in [2.45, 2.75) is 79.6 Å².